The molecule has 8 heavy (non-hydrogen) atoms. The monoisotopic (exact) mass is 112 g/mol. The molecule has 2 heteroatoms. The van der Waals surface area contributed by atoms with Gasteiger partial charge in [0.25, 0.3) is 0 Å². The molecule has 0 saturated carbocycles. The maximum atomic E-state index is 3.67. The lowest BCUT2D eigenvalue weighted by Crippen LogP contribution is -2.17. The molecule has 0 radical (unpaired) electrons. The number of rotatable bonds is 3. The molecule has 0 saturated heterocycles. The Kier molecular flexibility index (Phi) is 2.92. The lowest BCUT2D eigenvalue weighted by Gasteiger charge is -2.16. The standard InChI is InChI=1S/C6H12N2/c1-5-8(7-4)6(2)3/h5-6H,1,4H2,2-3H3. The van der Waals surface area contributed by atoms with E-state index >= 15 is 0 Å². The third-order valence-corrected chi connectivity index (χ3v) is 0.879. The molecule has 0 aliphatic rings. The first-order valence-corrected chi connectivity index (χ1v) is 2.60. The van der Waals surface area contributed by atoms with Crippen molar-refractivity contribution in [2.45, 2.75) is 19.9 Å². The molecule has 0 aliphatic carbocycles. The number of hydrazone groups is 1. The minimum atomic E-state index is 0.366. The average molecular weight is 112 g/mol. The van der Waals surface area contributed by atoms with Crippen LogP contribution in [0, 0.1) is 0 Å². The summed E-state index contributed by atoms with van der Waals surface area (Å²) in [6.45, 7) is 11.0. The van der Waals surface area contributed by atoms with Crippen molar-refractivity contribution in [2.75, 3.05) is 0 Å². The van der Waals surface area contributed by atoms with Crippen molar-refractivity contribution in [3.05, 3.63) is 12.8 Å². The predicted molar refractivity (Wildman–Crippen MR) is 36.7 cm³/mol. The molecule has 0 aromatic carbocycles. The first kappa shape index (κ1) is 7.21. The van der Waals surface area contributed by atoms with Gasteiger partial charge in [-0.3, -0.25) is 5.01 Å². The first-order chi connectivity index (χ1) is 3.72. The van der Waals surface area contributed by atoms with E-state index in [0.717, 1.165) is 0 Å². The summed E-state index contributed by atoms with van der Waals surface area (Å²) in [5.74, 6) is 0. The summed E-state index contributed by atoms with van der Waals surface area (Å²) in [6.07, 6.45) is 1.65. The Balaban J connectivity index is 3.68. The van der Waals surface area contributed by atoms with Crippen LogP contribution in [0.15, 0.2) is 17.9 Å². The molecule has 0 bridgehead atoms. The Labute approximate surface area is 50.5 Å². The highest BCUT2D eigenvalue weighted by molar-refractivity contribution is 5.22. The Morgan fingerprint density at radius 2 is 2.12 bits per heavy atom. The second-order valence-corrected chi connectivity index (χ2v) is 1.80. The smallest absolute Gasteiger partial charge is 0.0462 e. The van der Waals surface area contributed by atoms with Gasteiger partial charge in [-0.1, -0.05) is 6.58 Å². The SMILES string of the molecule is C=CN(N=C)C(C)C. The zero-order valence-electron chi connectivity index (χ0n) is 5.46. The van der Waals surface area contributed by atoms with E-state index in [2.05, 4.69) is 18.4 Å². The second-order valence-electron chi connectivity index (χ2n) is 1.80. The van der Waals surface area contributed by atoms with Crippen LogP contribution in [0.2, 0.25) is 0 Å². The molecule has 0 aromatic rings. The van der Waals surface area contributed by atoms with Crippen LogP contribution in [-0.2, 0) is 0 Å². The Morgan fingerprint density at radius 3 is 2.12 bits per heavy atom. The molecule has 46 valence electrons. The fourth-order valence-corrected chi connectivity index (χ4v) is 0.432. The summed E-state index contributed by atoms with van der Waals surface area (Å²) in [6, 6.07) is 0.366. The summed E-state index contributed by atoms with van der Waals surface area (Å²) in [7, 11) is 0. The van der Waals surface area contributed by atoms with E-state index in [4.69, 9.17) is 0 Å². The topological polar surface area (TPSA) is 15.6 Å². The molecule has 0 N–H and O–H groups in total. The van der Waals surface area contributed by atoms with Crippen LogP contribution in [0.25, 0.3) is 0 Å². The van der Waals surface area contributed by atoms with Crippen molar-refractivity contribution < 1.29 is 0 Å². The number of hydrogen-bond donors (Lipinski definition) is 0. The van der Waals surface area contributed by atoms with Crippen molar-refractivity contribution >= 4 is 6.72 Å². The van der Waals surface area contributed by atoms with Crippen LogP contribution in [0.1, 0.15) is 13.8 Å². The molecule has 0 heterocycles. The largest absolute Gasteiger partial charge is 0.272 e. The van der Waals surface area contributed by atoms with Gasteiger partial charge >= 0.3 is 0 Å². The Bertz CT molecular complexity index is 78.5. The normalized spacial score (nSPS) is 8.88. The molecule has 0 amide bonds. The van der Waals surface area contributed by atoms with Gasteiger partial charge in [0, 0.05) is 19.0 Å². The highest BCUT2D eigenvalue weighted by atomic mass is 15.4. The third-order valence-electron chi connectivity index (χ3n) is 0.879. The van der Waals surface area contributed by atoms with E-state index in [0.29, 0.717) is 6.04 Å². The summed E-state index contributed by atoms with van der Waals surface area (Å²) in [5.41, 5.74) is 0. The summed E-state index contributed by atoms with van der Waals surface area (Å²) in [4.78, 5) is 0. The Hall–Kier alpha value is -0.790. The molecule has 0 atom stereocenters. The minimum absolute atomic E-state index is 0.366. The maximum absolute atomic E-state index is 3.67. The predicted octanol–water partition coefficient (Wildman–Crippen LogP) is 1.46. The van der Waals surface area contributed by atoms with Crippen molar-refractivity contribution in [1.82, 2.24) is 5.01 Å². The van der Waals surface area contributed by atoms with E-state index in [-0.39, 0.29) is 0 Å². The van der Waals surface area contributed by atoms with Crippen LogP contribution in [0.4, 0.5) is 0 Å². The molecule has 0 spiro atoms. The van der Waals surface area contributed by atoms with Crippen molar-refractivity contribution in [3.63, 3.8) is 0 Å². The number of hydrogen-bond acceptors (Lipinski definition) is 2. The van der Waals surface area contributed by atoms with Crippen LogP contribution in [-0.4, -0.2) is 17.8 Å². The van der Waals surface area contributed by atoms with Gasteiger partial charge in [-0.2, -0.15) is 5.10 Å². The van der Waals surface area contributed by atoms with E-state index in [1.54, 1.807) is 11.2 Å². The fourth-order valence-electron chi connectivity index (χ4n) is 0.432. The van der Waals surface area contributed by atoms with E-state index < -0.39 is 0 Å². The van der Waals surface area contributed by atoms with Crippen molar-refractivity contribution in [2.24, 2.45) is 5.10 Å². The molecular formula is C6H12N2. The molecule has 0 rings (SSSR count). The van der Waals surface area contributed by atoms with Crippen LogP contribution >= 0.6 is 0 Å². The van der Waals surface area contributed by atoms with Gasteiger partial charge in [0.05, 0.1) is 0 Å². The zero-order valence-corrected chi connectivity index (χ0v) is 5.46. The highest BCUT2D eigenvalue weighted by Crippen LogP contribution is 1.95. The van der Waals surface area contributed by atoms with Crippen LogP contribution in [0.3, 0.4) is 0 Å². The number of nitrogens with zero attached hydrogens (tertiary/aromatic N) is 2. The maximum Gasteiger partial charge on any atom is 0.0462 e. The van der Waals surface area contributed by atoms with Crippen LogP contribution < -0.4 is 0 Å². The van der Waals surface area contributed by atoms with Gasteiger partial charge in [0.15, 0.2) is 0 Å². The molecular weight excluding hydrogens is 100 g/mol. The van der Waals surface area contributed by atoms with Crippen molar-refractivity contribution in [1.29, 1.82) is 0 Å². The minimum Gasteiger partial charge on any atom is -0.272 e. The second kappa shape index (κ2) is 3.24. The van der Waals surface area contributed by atoms with Gasteiger partial charge in [-0.15, -0.1) is 0 Å². The average Bonchev–Trinajstić information content (AvgIpc) is 1.69. The lowest BCUT2D eigenvalue weighted by atomic mass is 10.4. The molecule has 0 unspecified atom stereocenters. The highest BCUT2D eigenvalue weighted by Gasteiger charge is 1.96. The fraction of sp³-hybridized carbons (Fsp3) is 0.500. The van der Waals surface area contributed by atoms with E-state index in [9.17, 15) is 0 Å². The molecule has 0 aromatic heterocycles. The van der Waals surface area contributed by atoms with E-state index in [1.807, 2.05) is 13.8 Å². The van der Waals surface area contributed by atoms with Crippen molar-refractivity contribution in [3.8, 4) is 0 Å². The van der Waals surface area contributed by atoms with Gasteiger partial charge in [-0.25, -0.2) is 0 Å². The molecule has 0 fully saturated rings. The quantitative estimate of drug-likeness (QED) is 0.398. The summed E-state index contributed by atoms with van der Waals surface area (Å²) >= 11 is 0. The molecule has 2 nitrogen and oxygen atoms in total. The lowest BCUT2D eigenvalue weighted by molar-refractivity contribution is 0.331. The van der Waals surface area contributed by atoms with Crippen LogP contribution in [0.5, 0.6) is 0 Å². The van der Waals surface area contributed by atoms with Gasteiger partial charge in [0.2, 0.25) is 0 Å². The first-order valence-electron chi connectivity index (χ1n) is 2.60. The third kappa shape index (κ3) is 1.78. The summed E-state index contributed by atoms with van der Waals surface area (Å²) in [5, 5.41) is 5.37. The van der Waals surface area contributed by atoms with Gasteiger partial charge in [0.1, 0.15) is 0 Å². The summed E-state index contributed by atoms with van der Waals surface area (Å²) < 4.78 is 0. The Morgan fingerprint density at radius 1 is 1.62 bits per heavy atom. The molecule has 0 aliphatic heterocycles. The van der Waals surface area contributed by atoms with Gasteiger partial charge < -0.3 is 0 Å². The zero-order chi connectivity index (χ0) is 6.57. The van der Waals surface area contributed by atoms with E-state index in [1.165, 1.54) is 0 Å². The van der Waals surface area contributed by atoms with Gasteiger partial charge in [-0.05, 0) is 13.8 Å².